The van der Waals surface area contributed by atoms with Gasteiger partial charge in [0.15, 0.2) is 5.37 Å². The Morgan fingerprint density at radius 3 is 2.07 bits per heavy atom. The highest BCUT2D eigenvalue weighted by atomic mass is 32.2. The highest BCUT2D eigenvalue weighted by Gasteiger charge is 2.44. The van der Waals surface area contributed by atoms with Crippen LogP contribution in [0.15, 0.2) is 0 Å². The summed E-state index contributed by atoms with van der Waals surface area (Å²) in [5.74, 6) is 0. The Morgan fingerprint density at radius 1 is 1.03 bits per heavy atom. The summed E-state index contributed by atoms with van der Waals surface area (Å²) < 4.78 is 65.2. The molecule has 4 aliphatic heterocycles. The van der Waals surface area contributed by atoms with Gasteiger partial charge in [-0.2, -0.15) is 8.42 Å². The lowest BCUT2D eigenvalue weighted by atomic mass is 10.4. The van der Waals surface area contributed by atoms with E-state index in [-0.39, 0.29) is 38.7 Å². The molecule has 4 rings (SSSR count). The first-order valence-corrected chi connectivity index (χ1v) is 10.8. The van der Waals surface area contributed by atoms with Crippen LogP contribution in [0.3, 0.4) is 0 Å². The smallest absolute Gasteiger partial charge is 0.298 e. The fourth-order valence-electron chi connectivity index (χ4n) is 2.24. The minimum Gasteiger partial charge on any atom is -0.389 e. The monoisotopic (exact) mass is 442 g/mol. The zero-order valence-electron chi connectivity index (χ0n) is 16.0. The van der Waals surface area contributed by atoms with E-state index < -0.39 is 21.6 Å². The van der Waals surface area contributed by atoms with Crippen LogP contribution in [0.1, 0.15) is 0 Å². The fourth-order valence-corrected chi connectivity index (χ4v) is 3.08. The highest BCUT2D eigenvalue weighted by Crippen LogP contribution is 2.22. The maximum absolute atomic E-state index is 10.7. The molecule has 0 saturated carbocycles. The third-order valence-corrected chi connectivity index (χ3v) is 5.25. The molecule has 6 unspecified atom stereocenters. The average molecular weight is 442 g/mol. The van der Waals surface area contributed by atoms with Crippen molar-refractivity contribution in [2.24, 2.45) is 0 Å². The van der Waals surface area contributed by atoms with Crippen LogP contribution >= 0.6 is 0 Å². The first kappa shape index (κ1) is 23.1. The molecular formula is C16H28NO11S+. The standard InChI is InChI=1S/C9H17NO7S.C7H11O4/c11-7(1-10-2-9(10)18(12,13)14)3-15-6-16-4-8-5-17-8;1(6-3-10-6)8-5-9-2-7-4-11-7/h7-9,11H,1-6H2,(H,12,13,14);3,6-7H,1-2,4-5H2/q;+1. The van der Waals surface area contributed by atoms with Crippen LogP contribution in [-0.2, 0) is 43.3 Å². The van der Waals surface area contributed by atoms with E-state index in [1.165, 1.54) is 4.90 Å². The molecule has 0 amide bonds. The molecule has 4 fully saturated rings. The van der Waals surface area contributed by atoms with Gasteiger partial charge in [-0.1, -0.05) is 0 Å². The van der Waals surface area contributed by atoms with Crippen molar-refractivity contribution in [3.05, 3.63) is 6.61 Å². The Kier molecular flexibility index (Phi) is 8.88. The number of aliphatic hydroxyl groups is 1. The summed E-state index contributed by atoms with van der Waals surface area (Å²) in [5.41, 5.74) is 0. The first-order chi connectivity index (χ1) is 13.9. The Bertz CT molecular complexity index is 565. The van der Waals surface area contributed by atoms with Crippen LogP contribution in [0.5, 0.6) is 0 Å². The van der Waals surface area contributed by atoms with Gasteiger partial charge in [-0.25, -0.2) is 0 Å². The minimum atomic E-state index is -4.02. The quantitative estimate of drug-likeness (QED) is 0.0967. The topological polar surface area (TPSA) is 152 Å². The number of aliphatic hydroxyl groups excluding tert-OH is 1. The molecule has 0 aliphatic carbocycles. The van der Waals surface area contributed by atoms with Crippen molar-refractivity contribution < 1.29 is 51.2 Å². The van der Waals surface area contributed by atoms with Crippen LogP contribution in [0.25, 0.3) is 0 Å². The molecule has 0 aromatic heterocycles. The summed E-state index contributed by atoms with van der Waals surface area (Å²) in [7, 11) is -4.02. The zero-order chi connectivity index (χ0) is 20.7. The van der Waals surface area contributed by atoms with E-state index in [0.29, 0.717) is 39.3 Å². The third-order valence-electron chi connectivity index (χ3n) is 4.12. The van der Waals surface area contributed by atoms with Crippen molar-refractivity contribution in [2.45, 2.75) is 29.8 Å². The molecule has 168 valence electrons. The molecule has 0 aromatic rings. The fraction of sp³-hybridized carbons (Fsp3) is 0.938. The number of ether oxygens (including phenoxy) is 7. The summed E-state index contributed by atoms with van der Waals surface area (Å²) in [5, 5.41) is 8.66. The van der Waals surface area contributed by atoms with Crippen molar-refractivity contribution in [2.75, 3.05) is 66.3 Å². The number of epoxide rings is 3. The summed E-state index contributed by atoms with van der Waals surface area (Å²) in [6.45, 7) is 5.87. The molecule has 29 heavy (non-hydrogen) atoms. The van der Waals surface area contributed by atoms with Crippen molar-refractivity contribution in [3.8, 4) is 0 Å². The van der Waals surface area contributed by atoms with Gasteiger partial charge < -0.3 is 33.5 Å². The van der Waals surface area contributed by atoms with E-state index in [9.17, 15) is 13.5 Å². The second kappa shape index (κ2) is 11.2. The zero-order valence-corrected chi connectivity index (χ0v) is 16.8. The van der Waals surface area contributed by atoms with Crippen molar-refractivity contribution >= 4 is 10.1 Å². The lowest BCUT2D eigenvalue weighted by Crippen LogP contribution is -2.27. The van der Waals surface area contributed by atoms with Gasteiger partial charge in [-0.15, -0.1) is 4.74 Å². The van der Waals surface area contributed by atoms with E-state index in [1.54, 1.807) is 6.61 Å². The molecule has 4 aliphatic rings. The Hall–Kier alpha value is -0.580. The van der Waals surface area contributed by atoms with Gasteiger partial charge in [0.2, 0.25) is 0 Å². The predicted molar refractivity (Wildman–Crippen MR) is 95.1 cm³/mol. The number of hydrogen-bond donors (Lipinski definition) is 2. The molecule has 6 atom stereocenters. The average Bonchev–Trinajstić information content (AvgIpc) is 3.50. The number of nitrogens with zero attached hydrogens (tertiary/aromatic N) is 1. The van der Waals surface area contributed by atoms with Gasteiger partial charge >= 0.3 is 0 Å². The SMILES string of the molecule is O=S(=O)(O)C1CN1CC(O)COCOCC1CO1.[CH+]1OC1COCOCC1CO1. The van der Waals surface area contributed by atoms with Gasteiger partial charge in [0, 0.05) is 13.1 Å². The molecule has 12 nitrogen and oxygen atoms in total. The predicted octanol–water partition coefficient (Wildman–Crippen LogP) is -1.80. The van der Waals surface area contributed by atoms with Crippen LogP contribution in [0, 0.1) is 6.61 Å². The maximum Gasteiger partial charge on any atom is 0.298 e. The lowest BCUT2D eigenvalue weighted by molar-refractivity contribution is -0.0825. The van der Waals surface area contributed by atoms with E-state index in [0.717, 1.165) is 6.61 Å². The van der Waals surface area contributed by atoms with Gasteiger partial charge in [0.1, 0.15) is 32.4 Å². The Morgan fingerprint density at radius 2 is 1.59 bits per heavy atom. The van der Waals surface area contributed by atoms with Crippen molar-refractivity contribution in [1.82, 2.24) is 4.90 Å². The highest BCUT2D eigenvalue weighted by molar-refractivity contribution is 7.86. The Labute approximate surface area is 169 Å². The molecule has 0 bridgehead atoms. The van der Waals surface area contributed by atoms with Crippen molar-refractivity contribution in [1.29, 1.82) is 0 Å². The first-order valence-electron chi connectivity index (χ1n) is 9.33. The number of hydrogen-bond acceptors (Lipinski definition) is 11. The third kappa shape index (κ3) is 10.8. The molecule has 13 heteroatoms. The number of rotatable bonds is 15. The number of β-amino-alcohol motifs (C(OH)–C–C–N with tert-alkyl or cyclic N) is 1. The molecule has 4 heterocycles. The van der Waals surface area contributed by atoms with E-state index in [1.807, 2.05) is 0 Å². The summed E-state index contributed by atoms with van der Waals surface area (Å²) in [6, 6.07) is 0. The van der Waals surface area contributed by atoms with E-state index in [2.05, 4.69) is 0 Å². The van der Waals surface area contributed by atoms with Crippen LogP contribution in [0.2, 0.25) is 0 Å². The molecule has 0 aromatic carbocycles. The summed E-state index contributed by atoms with van der Waals surface area (Å²) in [4.78, 5) is 1.45. The largest absolute Gasteiger partial charge is 0.389 e. The normalized spacial score (nSPS) is 32.6. The molecule has 2 N–H and O–H groups in total. The van der Waals surface area contributed by atoms with Crippen LogP contribution in [0.4, 0.5) is 0 Å². The molecule has 0 radical (unpaired) electrons. The van der Waals surface area contributed by atoms with Crippen LogP contribution < -0.4 is 0 Å². The maximum atomic E-state index is 10.7. The van der Waals surface area contributed by atoms with Gasteiger partial charge in [0.05, 0.1) is 39.1 Å². The second-order valence-electron chi connectivity index (χ2n) is 7.02. The van der Waals surface area contributed by atoms with Gasteiger partial charge in [0.25, 0.3) is 22.8 Å². The minimum absolute atomic E-state index is 0.0558. The van der Waals surface area contributed by atoms with E-state index >= 15 is 0 Å². The summed E-state index contributed by atoms with van der Waals surface area (Å²) in [6.07, 6.45) is -0.109. The van der Waals surface area contributed by atoms with Gasteiger partial charge in [-0.05, 0) is 0 Å². The molecule has 4 saturated heterocycles. The Balaban J connectivity index is 0.000000186. The summed E-state index contributed by atoms with van der Waals surface area (Å²) >= 11 is 0. The second-order valence-corrected chi connectivity index (χ2v) is 8.59. The van der Waals surface area contributed by atoms with E-state index in [4.69, 9.17) is 37.7 Å². The molecule has 0 spiro atoms. The van der Waals surface area contributed by atoms with Gasteiger partial charge in [-0.3, -0.25) is 9.45 Å². The van der Waals surface area contributed by atoms with Crippen LogP contribution in [-0.4, -0.2) is 119 Å². The van der Waals surface area contributed by atoms with Crippen molar-refractivity contribution in [3.63, 3.8) is 0 Å². The molecular weight excluding hydrogens is 414 g/mol. The lowest BCUT2D eigenvalue weighted by Gasteiger charge is -2.12.